The largest absolute Gasteiger partial charge is 0.365 e. The minimum Gasteiger partial charge on any atom is -0.365 e. The summed E-state index contributed by atoms with van der Waals surface area (Å²) in [7, 11) is 0. The molecule has 1 unspecified atom stereocenters. The highest BCUT2D eigenvalue weighted by Crippen LogP contribution is 2.15. The summed E-state index contributed by atoms with van der Waals surface area (Å²) in [5, 5.41) is 3.03. The molecule has 1 heterocycles. The van der Waals surface area contributed by atoms with Gasteiger partial charge in [-0.05, 0) is 19.8 Å². The summed E-state index contributed by atoms with van der Waals surface area (Å²) in [5.74, 6) is 0.432. The maximum atomic E-state index is 13.5. The first kappa shape index (κ1) is 12.2. The summed E-state index contributed by atoms with van der Waals surface area (Å²) < 4.78 is 13.5. The van der Waals surface area contributed by atoms with Crippen LogP contribution in [0.15, 0.2) is 6.33 Å². The van der Waals surface area contributed by atoms with Gasteiger partial charge in [0.25, 0.3) is 0 Å². The second-order valence-electron chi connectivity index (χ2n) is 3.35. The Morgan fingerprint density at radius 3 is 2.87 bits per heavy atom. The van der Waals surface area contributed by atoms with Crippen molar-refractivity contribution in [3.63, 3.8) is 0 Å². The molecular weight excluding hydrogens is 217 g/mol. The van der Waals surface area contributed by atoms with Crippen molar-refractivity contribution in [3.8, 4) is 0 Å². The zero-order valence-electron chi connectivity index (χ0n) is 8.93. The van der Waals surface area contributed by atoms with Crippen LogP contribution >= 0.6 is 11.6 Å². The van der Waals surface area contributed by atoms with Crippen molar-refractivity contribution in [1.29, 1.82) is 0 Å². The topological polar surface area (TPSA) is 37.8 Å². The van der Waals surface area contributed by atoms with Gasteiger partial charge in [0.2, 0.25) is 0 Å². The summed E-state index contributed by atoms with van der Waals surface area (Å²) in [5.41, 5.74) is 0.355. The molecule has 0 radical (unpaired) electrons. The number of nitrogens with zero attached hydrogens (tertiary/aromatic N) is 2. The van der Waals surface area contributed by atoms with Gasteiger partial charge in [-0.15, -0.1) is 11.6 Å². The molecular formula is C10H15ClFN3. The fourth-order valence-electron chi connectivity index (χ4n) is 1.26. The van der Waals surface area contributed by atoms with Crippen molar-refractivity contribution >= 4 is 17.4 Å². The lowest BCUT2D eigenvalue weighted by Crippen LogP contribution is -2.21. The Hall–Kier alpha value is -0.900. The molecule has 0 aromatic carbocycles. The number of halogens is 2. The predicted molar refractivity (Wildman–Crippen MR) is 59.8 cm³/mol. The Morgan fingerprint density at radius 1 is 1.53 bits per heavy atom. The van der Waals surface area contributed by atoms with E-state index < -0.39 is 0 Å². The minimum atomic E-state index is -0.384. The molecule has 0 aliphatic rings. The van der Waals surface area contributed by atoms with Crippen LogP contribution in [-0.4, -0.2) is 21.9 Å². The Labute approximate surface area is 94.1 Å². The van der Waals surface area contributed by atoms with Gasteiger partial charge in [0.15, 0.2) is 11.6 Å². The van der Waals surface area contributed by atoms with Gasteiger partial charge in [0.1, 0.15) is 6.33 Å². The van der Waals surface area contributed by atoms with Crippen LogP contribution in [0.25, 0.3) is 0 Å². The molecule has 0 bridgehead atoms. The molecule has 0 spiro atoms. The van der Waals surface area contributed by atoms with Crippen LogP contribution in [0.3, 0.4) is 0 Å². The van der Waals surface area contributed by atoms with Crippen molar-refractivity contribution in [2.45, 2.75) is 32.7 Å². The van der Waals surface area contributed by atoms with Crippen LogP contribution < -0.4 is 5.32 Å². The van der Waals surface area contributed by atoms with Crippen LogP contribution in [0, 0.1) is 12.7 Å². The van der Waals surface area contributed by atoms with Crippen molar-refractivity contribution < 1.29 is 4.39 Å². The maximum absolute atomic E-state index is 13.5. The van der Waals surface area contributed by atoms with E-state index in [2.05, 4.69) is 15.3 Å². The molecule has 1 aromatic heterocycles. The lowest BCUT2D eigenvalue weighted by molar-refractivity contribution is 0.592. The third-order valence-corrected chi connectivity index (χ3v) is 2.47. The van der Waals surface area contributed by atoms with Crippen LogP contribution in [-0.2, 0) is 0 Å². The number of nitrogens with one attached hydrogen (secondary N) is 1. The second kappa shape index (κ2) is 5.85. The summed E-state index contributed by atoms with van der Waals surface area (Å²) >= 11 is 5.65. The lowest BCUT2D eigenvalue weighted by Gasteiger charge is -2.16. The number of anilines is 1. The smallest absolute Gasteiger partial charge is 0.186 e. The first-order valence-corrected chi connectivity index (χ1v) is 5.52. The van der Waals surface area contributed by atoms with Gasteiger partial charge in [-0.1, -0.05) is 6.92 Å². The SMILES string of the molecule is CCC(CCCl)Nc1ncnc(C)c1F. The molecule has 1 aromatic rings. The molecule has 3 nitrogen and oxygen atoms in total. The standard InChI is InChI=1S/C10H15ClFN3/c1-3-8(4-5-11)15-10-9(12)7(2)13-6-14-10/h6,8H,3-5H2,1-2H3,(H,13,14,15). The molecule has 15 heavy (non-hydrogen) atoms. The van der Waals surface area contributed by atoms with Gasteiger partial charge in [-0.2, -0.15) is 0 Å². The molecule has 0 saturated carbocycles. The first-order valence-electron chi connectivity index (χ1n) is 4.98. The van der Waals surface area contributed by atoms with E-state index in [1.807, 2.05) is 6.92 Å². The molecule has 1 N–H and O–H groups in total. The third-order valence-electron chi connectivity index (χ3n) is 2.25. The van der Waals surface area contributed by atoms with Crippen molar-refractivity contribution in [2.75, 3.05) is 11.2 Å². The summed E-state index contributed by atoms with van der Waals surface area (Å²) in [6, 6.07) is 0.159. The summed E-state index contributed by atoms with van der Waals surface area (Å²) in [6.45, 7) is 3.64. The van der Waals surface area contributed by atoms with E-state index in [9.17, 15) is 4.39 Å². The molecule has 0 saturated heterocycles. The molecule has 0 amide bonds. The van der Waals surface area contributed by atoms with E-state index in [1.165, 1.54) is 6.33 Å². The average Bonchev–Trinajstić information content (AvgIpc) is 2.24. The van der Waals surface area contributed by atoms with Crippen LogP contribution in [0.4, 0.5) is 10.2 Å². The van der Waals surface area contributed by atoms with Crippen molar-refractivity contribution in [3.05, 3.63) is 17.8 Å². The van der Waals surface area contributed by atoms with E-state index >= 15 is 0 Å². The lowest BCUT2D eigenvalue weighted by atomic mass is 10.2. The highest BCUT2D eigenvalue weighted by Gasteiger charge is 2.11. The van der Waals surface area contributed by atoms with Gasteiger partial charge >= 0.3 is 0 Å². The molecule has 1 rings (SSSR count). The molecule has 84 valence electrons. The Bertz CT molecular complexity index is 320. The van der Waals surface area contributed by atoms with E-state index in [0.29, 0.717) is 11.6 Å². The van der Waals surface area contributed by atoms with Gasteiger partial charge in [0.05, 0.1) is 5.69 Å². The van der Waals surface area contributed by atoms with E-state index in [4.69, 9.17) is 11.6 Å². The summed E-state index contributed by atoms with van der Waals surface area (Å²) in [6.07, 6.45) is 3.03. The second-order valence-corrected chi connectivity index (χ2v) is 3.73. The number of aromatic nitrogens is 2. The average molecular weight is 232 g/mol. The van der Waals surface area contributed by atoms with E-state index in [1.54, 1.807) is 6.92 Å². The maximum Gasteiger partial charge on any atom is 0.186 e. The van der Waals surface area contributed by atoms with Crippen LogP contribution in [0.5, 0.6) is 0 Å². The fourth-order valence-corrected chi connectivity index (χ4v) is 1.53. The van der Waals surface area contributed by atoms with Gasteiger partial charge in [-0.3, -0.25) is 0 Å². The van der Waals surface area contributed by atoms with Gasteiger partial charge in [0, 0.05) is 11.9 Å². The number of hydrogen-bond acceptors (Lipinski definition) is 3. The zero-order chi connectivity index (χ0) is 11.3. The molecule has 5 heteroatoms. The van der Waals surface area contributed by atoms with E-state index in [0.717, 1.165) is 12.8 Å². The Balaban J connectivity index is 2.74. The number of alkyl halides is 1. The Kier molecular flexibility index (Phi) is 4.75. The molecule has 0 aliphatic carbocycles. The minimum absolute atomic E-state index is 0.159. The predicted octanol–water partition coefficient (Wildman–Crippen LogP) is 2.74. The fraction of sp³-hybridized carbons (Fsp3) is 0.600. The Morgan fingerprint density at radius 2 is 2.27 bits per heavy atom. The molecule has 0 fully saturated rings. The highest BCUT2D eigenvalue weighted by molar-refractivity contribution is 6.17. The molecule has 1 atom stereocenters. The summed E-state index contributed by atoms with van der Waals surface area (Å²) in [4.78, 5) is 7.64. The third kappa shape index (κ3) is 3.30. The number of aryl methyl sites for hydroxylation is 1. The van der Waals surface area contributed by atoms with Crippen LogP contribution in [0.1, 0.15) is 25.5 Å². The number of rotatable bonds is 5. The van der Waals surface area contributed by atoms with E-state index in [-0.39, 0.29) is 17.7 Å². The van der Waals surface area contributed by atoms with Crippen LogP contribution in [0.2, 0.25) is 0 Å². The van der Waals surface area contributed by atoms with Crippen molar-refractivity contribution in [1.82, 2.24) is 9.97 Å². The van der Waals surface area contributed by atoms with Gasteiger partial charge < -0.3 is 5.32 Å². The zero-order valence-corrected chi connectivity index (χ0v) is 9.68. The van der Waals surface area contributed by atoms with Gasteiger partial charge in [-0.25, -0.2) is 14.4 Å². The van der Waals surface area contributed by atoms with Crippen molar-refractivity contribution in [2.24, 2.45) is 0 Å². The first-order chi connectivity index (χ1) is 7.19. The monoisotopic (exact) mass is 231 g/mol. The highest BCUT2D eigenvalue weighted by atomic mass is 35.5. The number of hydrogen-bond donors (Lipinski definition) is 1. The molecule has 0 aliphatic heterocycles. The quantitative estimate of drug-likeness (QED) is 0.792. The normalized spacial score (nSPS) is 12.5.